The second-order valence-electron chi connectivity index (χ2n) is 5.04. The fourth-order valence-electron chi connectivity index (χ4n) is 2.36. The number of amides is 1. The van der Waals surface area contributed by atoms with Crippen LogP contribution >= 0.6 is 40.1 Å². The van der Waals surface area contributed by atoms with Crippen molar-refractivity contribution in [2.75, 3.05) is 25.9 Å². The van der Waals surface area contributed by atoms with Gasteiger partial charge < -0.3 is 10.2 Å². The van der Waals surface area contributed by atoms with E-state index in [-0.39, 0.29) is 18.3 Å². The molecule has 1 N–H and O–H groups in total. The van der Waals surface area contributed by atoms with Gasteiger partial charge in [-0.1, -0.05) is 15.9 Å². The number of nitrogens with zero attached hydrogens (tertiary/aromatic N) is 1. The lowest BCUT2D eigenvalue weighted by molar-refractivity contribution is -0.131. The largest absolute Gasteiger partial charge is 0.343 e. The lowest BCUT2D eigenvalue weighted by Crippen LogP contribution is -2.44. The molecule has 1 fully saturated rings. The zero-order chi connectivity index (χ0) is 14.4. The molecule has 1 saturated heterocycles. The SMILES string of the molecule is CN(C(=O)CCSc1ccc(Br)cc1)C1CCNCC1.Cl. The average molecular weight is 394 g/mol. The van der Waals surface area contributed by atoms with Crippen LogP contribution in [0, 0.1) is 0 Å². The van der Waals surface area contributed by atoms with Crippen LogP contribution < -0.4 is 5.32 Å². The van der Waals surface area contributed by atoms with Gasteiger partial charge in [0.1, 0.15) is 0 Å². The van der Waals surface area contributed by atoms with Gasteiger partial charge in [-0.15, -0.1) is 24.2 Å². The maximum atomic E-state index is 12.2. The van der Waals surface area contributed by atoms with Crippen molar-refractivity contribution in [3.63, 3.8) is 0 Å². The van der Waals surface area contributed by atoms with Crippen LogP contribution in [0.4, 0.5) is 0 Å². The topological polar surface area (TPSA) is 32.3 Å². The van der Waals surface area contributed by atoms with Gasteiger partial charge in [0.05, 0.1) is 0 Å². The number of carbonyl (C=O) groups excluding carboxylic acids is 1. The Labute approximate surface area is 145 Å². The van der Waals surface area contributed by atoms with Gasteiger partial charge in [0.15, 0.2) is 0 Å². The van der Waals surface area contributed by atoms with E-state index in [1.54, 1.807) is 11.8 Å². The second kappa shape index (κ2) is 9.72. The molecule has 118 valence electrons. The molecule has 0 radical (unpaired) electrons. The zero-order valence-electron chi connectivity index (χ0n) is 12.2. The third kappa shape index (κ3) is 6.19. The van der Waals surface area contributed by atoms with Crippen molar-refractivity contribution >= 4 is 46.0 Å². The molecular formula is C15H22BrClN2OS. The molecule has 1 amide bonds. The van der Waals surface area contributed by atoms with Crippen molar-refractivity contribution < 1.29 is 4.79 Å². The molecular weight excluding hydrogens is 372 g/mol. The summed E-state index contributed by atoms with van der Waals surface area (Å²) < 4.78 is 1.09. The molecule has 0 saturated carbocycles. The van der Waals surface area contributed by atoms with E-state index >= 15 is 0 Å². The quantitative estimate of drug-likeness (QED) is 0.776. The number of rotatable bonds is 5. The van der Waals surface area contributed by atoms with Gasteiger partial charge in [0.25, 0.3) is 0 Å². The molecule has 1 aromatic rings. The molecule has 0 unspecified atom stereocenters. The highest BCUT2D eigenvalue weighted by atomic mass is 79.9. The first-order chi connectivity index (χ1) is 9.66. The van der Waals surface area contributed by atoms with E-state index in [1.807, 2.05) is 24.1 Å². The molecule has 1 aliphatic rings. The summed E-state index contributed by atoms with van der Waals surface area (Å²) in [7, 11) is 1.95. The monoisotopic (exact) mass is 392 g/mol. The van der Waals surface area contributed by atoms with E-state index in [0.29, 0.717) is 12.5 Å². The molecule has 0 atom stereocenters. The first-order valence-electron chi connectivity index (χ1n) is 7.01. The standard InChI is InChI=1S/C15H21BrN2OS.ClH/c1-18(13-6-9-17-10-7-13)15(19)8-11-20-14-4-2-12(16)3-5-14;/h2-5,13,17H,6-11H2,1H3;1H. The van der Waals surface area contributed by atoms with Gasteiger partial charge in [0.2, 0.25) is 5.91 Å². The molecule has 6 heteroatoms. The van der Waals surface area contributed by atoms with Crippen molar-refractivity contribution in [3.8, 4) is 0 Å². The second-order valence-corrected chi connectivity index (χ2v) is 7.12. The Kier molecular flexibility index (Phi) is 8.71. The predicted octanol–water partition coefficient (Wildman–Crippen LogP) is 3.56. The van der Waals surface area contributed by atoms with Crippen LogP contribution in [0.25, 0.3) is 0 Å². The van der Waals surface area contributed by atoms with Crippen molar-refractivity contribution in [1.82, 2.24) is 10.2 Å². The van der Waals surface area contributed by atoms with Crippen molar-refractivity contribution in [1.29, 1.82) is 0 Å². The minimum atomic E-state index is 0. The highest BCUT2D eigenvalue weighted by Gasteiger charge is 2.21. The molecule has 1 heterocycles. The van der Waals surface area contributed by atoms with E-state index in [4.69, 9.17) is 0 Å². The Balaban J connectivity index is 0.00000220. The summed E-state index contributed by atoms with van der Waals surface area (Å²) in [6.07, 6.45) is 2.76. The van der Waals surface area contributed by atoms with Crippen molar-refractivity contribution in [2.24, 2.45) is 0 Å². The van der Waals surface area contributed by atoms with Crippen LogP contribution in [-0.4, -0.2) is 42.7 Å². The summed E-state index contributed by atoms with van der Waals surface area (Å²) in [6, 6.07) is 8.64. The van der Waals surface area contributed by atoms with Gasteiger partial charge in [-0.05, 0) is 50.2 Å². The van der Waals surface area contributed by atoms with Crippen molar-refractivity contribution in [2.45, 2.75) is 30.2 Å². The number of thioether (sulfide) groups is 1. The summed E-state index contributed by atoms with van der Waals surface area (Å²) in [5, 5.41) is 3.33. The summed E-state index contributed by atoms with van der Waals surface area (Å²) in [6.45, 7) is 2.05. The Hall–Kier alpha value is -0.230. The van der Waals surface area contributed by atoms with Gasteiger partial charge in [-0.25, -0.2) is 0 Å². The van der Waals surface area contributed by atoms with Crippen LogP contribution in [-0.2, 0) is 4.79 Å². The number of carbonyl (C=O) groups is 1. The van der Waals surface area contributed by atoms with Crippen LogP contribution in [0.1, 0.15) is 19.3 Å². The van der Waals surface area contributed by atoms with Crippen LogP contribution in [0.3, 0.4) is 0 Å². The Morgan fingerprint density at radius 3 is 2.57 bits per heavy atom. The molecule has 0 aliphatic carbocycles. The van der Waals surface area contributed by atoms with E-state index in [1.165, 1.54) is 4.90 Å². The number of piperidine rings is 1. The van der Waals surface area contributed by atoms with Crippen molar-refractivity contribution in [3.05, 3.63) is 28.7 Å². The number of halogens is 2. The Bertz CT molecular complexity index is 438. The first-order valence-corrected chi connectivity index (χ1v) is 8.79. The van der Waals surface area contributed by atoms with Gasteiger partial charge >= 0.3 is 0 Å². The number of nitrogens with one attached hydrogen (secondary N) is 1. The minimum Gasteiger partial charge on any atom is -0.343 e. The highest BCUT2D eigenvalue weighted by molar-refractivity contribution is 9.10. The van der Waals surface area contributed by atoms with E-state index in [9.17, 15) is 4.79 Å². The normalized spacial score (nSPS) is 15.3. The fraction of sp³-hybridized carbons (Fsp3) is 0.533. The molecule has 0 aromatic heterocycles. The zero-order valence-corrected chi connectivity index (χ0v) is 15.4. The number of hydrogen-bond donors (Lipinski definition) is 1. The van der Waals surface area contributed by atoms with Gasteiger partial charge in [-0.3, -0.25) is 4.79 Å². The Morgan fingerprint density at radius 2 is 1.95 bits per heavy atom. The molecule has 2 rings (SSSR count). The third-order valence-corrected chi connectivity index (χ3v) is 5.19. The van der Waals surface area contributed by atoms with E-state index in [2.05, 4.69) is 33.4 Å². The smallest absolute Gasteiger partial charge is 0.223 e. The first kappa shape index (κ1) is 18.8. The molecule has 1 aliphatic heterocycles. The molecule has 21 heavy (non-hydrogen) atoms. The lowest BCUT2D eigenvalue weighted by atomic mass is 10.1. The predicted molar refractivity (Wildman–Crippen MR) is 95.4 cm³/mol. The number of benzene rings is 1. The fourth-order valence-corrected chi connectivity index (χ4v) is 3.47. The minimum absolute atomic E-state index is 0. The van der Waals surface area contributed by atoms with E-state index < -0.39 is 0 Å². The van der Waals surface area contributed by atoms with E-state index in [0.717, 1.165) is 36.2 Å². The highest BCUT2D eigenvalue weighted by Crippen LogP contribution is 2.21. The molecule has 1 aromatic carbocycles. The lowest BCUT2D eigenvalue weighted by Gasteiger charge is -2.31. The Morgan fingerprint density at radius 1 is 1.33 bits per heavy atom. The molecule has 3 nitrogen and oxygen atoms in total. The maximum absolute atomic E-state index is 12.2. The summed E-state index contributed by atoms with van der Waals surface area (Å²) >= 11 is 5.17. The van der Waals surface area contributed by atoms with Gasteiger partial charge in [0, 0.05) is 34.6 Å². The number of hydrogen-bond acceptors (Lipinski definition) is 3. The summed E-state index contributed by atoms with van der Waals surface area (Å²) in [4.78, 5) is 15.3. The van der Waals surface area contributed by atoms with Gasteiger partial charge in [-0.2, -0.15) is 0 Å². The molecule has 0 spiro atoms. The summed E-state index contributed by atoms with van der Waals surface area (Å²) in [5.74, 6) is 1.11. The van der Waals surface area contributed by atoms with Crippen LogP contribution in [0.2, 0.25) is 0 Å². The summed E-state index contributed by atoms with van der Waals surface area (Å²) in [5.41, 5.74) is 0. The van der Waals surface area contributed by atoms with Crippen LogP contribution in [0.15, 0.2) is 33.6 Å². The third-order valence-electron chi connectivity index (χ3n) is 3.65. The maximum Gasteiger partial charge on any atom is 0.223 e. The average Bonchev–Trinajstić information content (AvgIpc) is 2.49. The molecule has 0 bridgehead atoms. The van der Waals surface area contributed by atoms with Crippen LogP contribution in [0.5, 0.6) is 0 Å².